The zero-order valence-corrected chi connectivity index (χ0v) is 7.59. The summed E-state index contributed by atoms with van der Waals surface area (Å²) in [5, 5.41) is 0.182. The maximum absolute atomic E-state index is 11.2. The van der Waals surface area contributed by atoms with Crippen molar-refractivity contribution in [1.82, 2.24) is 4.90 Å². The van der Waals surface area contributed by atoms with E-state index in [0.29, 0.717) is 13.0 Å². The Labute approximate surface area is 76.5 Å². The lowest BCUT2D eigenvalue weighted by molar-refractivity contribution is -0.136. The van der Waals surface area contributed by atoms with Crippen molar-refractivity contribution in [1.29, 1.82) is 0 Å². The summed E-state index contributed by atoms with van der Waals surface area (Å²) < 4.78 is 0. The second kappa shape index (κ2) is 3.80. The lowest BCUT2D eigenvalue weighted by Crippen LogP contribution is -2.44. The molecule has 12 heavy (non-hydrogen) atoms. The van der Waals surface area contributed by atoms with Crippen molar-refractivity contribution >= 4 is 24.4 Å². The highest BCUT2D eigenvalue weighted by Gasteiger charge is 2.24. The third-order valence-electron chi connectivity index (χ3n) is 1.82. The number of hydrogen-bond donors (Lipinski definition) is 2. The molecule has 2 amide bonds. The van der Waals surface area contributed by atoms with Crippen LogP contribution in [0.2, 0.25) is 0 Å². The van der Waals surface area contributed by atoms with Gasteiger partial charge < -0.3 is 10.6 Å². The minimum absolute atomic E-state index is 0.000833. The van der Waals surface area contributed by atoms with Gasteiger partial charge in [-0.25, -0.2) is 0 Å². The van der Waals surface area contributed by atoms with Crippen LogP contribution in [-0.2, 0) is 9.59 Å². The van der Waals surface area contributed by atoms with E-state index in [9.17, 15) is 9.59 Å². The molecule has 5 heteroatoms. The molecule has 1 aliphatic rings. The van der Waals surface area contributed by atoms with Gasteiger partial charge in [0.25, 0.3) is 0 Å². The predicted octanol–water partition coefficient (Wildman–Crippen LogP) is -0.607. The molecule has 1 heterocycles. The van der Waals surface area contributed by atoms with Crippen LogP contribution in [-0.4, -0.2) is 35.1 Å². The SMILES string of the molecule is NC(=O)CN1C[C@H](S)CCC1=O. The van der Waals surface area contributed by atoms with Crippen LogP contribution in [0.5, 0.6) is 0 Å². The molecule has 2 N–H and O–H groups in total. The van der Waals surface area contributed by atoms with E-state index in [4.69, 9.17) is 5.73 Å². The van der Waals surface area contributed by atoms with E-state index in [0.717, 1.165) is 6.42 Å². The van der Waals surface area contributed by atoms with E-state index in [2.05, 4.69) is 12.6 Å². The van der Waals surface area contributed by atoms with Gasteiger partial charge >= 0.3 is 0 Å². The highest BCUT2D eigenvalue weighted by molar-refractivity contribution is 7.81. The van der Waals surface area contributed by atoms with Crippen molar-refractivity contribution in [2.45, 2.75) is 18.1 Å². The Kier molecular flexibility index (Phi) is 2.97. The molecule has 0 saturated carbocycles. The Balaban J connectivity index is 2.49. The fourth-order valence-corrected chi connectivity index (χ4v) is 1.56. The molecule has 1 aliphatic heterocycles. The van der Waals surface area contributed by atoms with E-state index in [-0.39, 0.29) is 17.7 Å². The third kappa shape index (κ3) is 2.41. The van der Waals surface area contributed by atoms with Gasteiger partial charge in [-0.05, 0) is 6.42 Å². The zero-order chi connectivity index (χ0) is 9.14. The molecule has 4 nitrogen and oxygen atoms in total. The number of nitrogens with two attached hydrogens (primary N) is 1. The molecule has 1 atom stereocenters. The summed E-state index contributed by atoms with van der Waals surface area (Å²) in [6, 6.07) is 0. The van der Waals surface area contributed by atoms with Crippen molar-refractivity contribution in [2.75, 3.05) is 13.1 Å². The lowest BCUT2D eigenvalue weighted by Gasteiger charge is -2.29. The van der Waals surface area contributed by atoms with E-state index in [1.807, 2.05) is 0 Å². The zero-order valence-electron chi connectivity index (χ0n) is 6.69. The fourth-order valence-electron chi connectivity index (χ4n) is 1.24. The average molecular weight is 188 g/mol. The van der Waals surface area contributed by atoms with Crippen LogP contribution < -0.4 is 5.73 Å². The number of piperidine rings is 1. The van der Waals surface area contributed by atoms with Gasteiger partial charge in [0.1, 0.15) is 0 Å². The van der Waals surface area contributed by atoms with Gasteiger partial charge in [-0.15, -0.1) is 0 Å². The Morgan fingerprint density at radius 3 is 3.00 bits per heavy atom. The van der Waals surface area contributed by atoms with Gasteiger partial charge in [-0.1, -0.05) is 0 Å². The third-order valence-corrected chi connectivity index (χ3v) is 2.24. The van der Waals surface area contributed by atoms with Crippen molar-refractivity contribution in [3.05, 3.63) is 0 Å². The molecular weight excluding hydrogens is 176 g/mol. The predicted molar refractivity (Wildman–Crippen MR) is 47.8 cm³/mol. The smallest absolute Gasteiger partial charge is 0.237 e. The summed E-state index contributed by atoms with van der Waals surface area (Å²) in [5.41, 5.74) is 4.97. The molecular formula is C7H12N2O2S. The van der Waals surface area contributed by atoms with Crippen LogP contribution in [0.25, 0.3) is 0 Å². The van der Waals surface area contributed by atoms with Gasteiger partial charge in [-0.3, -0.25) is 9.59 Å². The Morgan fingerprint density at radius 1 is 1.75 bits per heavy atom. The van der Waals surface area contributed by atoms with Crippen molar-refractivity contribution in [3.8, 4) is 0 Å². The first-order valence-corrected chi connectivity index (χ1v) is 4.35. The summed E-state index contributed by atoms with van der Waals surface area (Å²) in [7, 11) is 0. The number of carbonyl (C=O) groups excluding carboxylic acids is 2. The normalized spacial score (nSPS) is 24.2. The standard InChI is InChI=1S/C7H12N2O2S/c8-6(10)4-9-3-5(12)1-2-7(9)11/h5,12H,1-4H2,(H2,8,10)/t5-/m1/s1. The maximum Gasteiger partial charge on any atom is 0.237 e. The van der Waals surface area contributed by atoms with Crippen molar-refractivity contribution < 1.29 is 9.59 Å². The molecule has 0 spiro atoms. The number of nitrogens with zero attached hydrogens (tertiary/aromatic N) is 1. The first kappa shape index (κ1) is 9.38. The van der Waals surface area contributed by atoms with E-state index < -0.39 is 5.91 Å². The number of rotatable bonds is 2. The second-order valence-electron chi connectivity index (χ2n) is 2.93. The van der Waals surface area contributed by atoms with Crippen LogP contribution in [0.4, 0.5) is 0 Å². The minimum atomic E-state index is -0.467. The summed E-state index contributed by atoms with van der Waals surface area (Å²) in [5.74, 6) is -0.468. The Hall–Kier alpha value is -0.710. The monoisotopic (exact) mass is 188 g/mol. The van der Waals surface area contributed by atoms with E-state index in [1.54, 1.807) is 0 Å². The number of amides is 2. The van der Waals surface area contributed by atoms with Crippen molar-refractivity contribution in [2.24, 2.45) is 5.73 Å². The Morgan fingerprint density at radius 2 is 2.42 bits per heavy atom. The summed E-state index contributed by atoms with van der Waals surface area (Å²) in [4.78, 5) is 23.1. The fraction of sp³-hybridized carbons (Fsp3) is 0.714. The largest absolute Gasteiger partial charge is 0.368 e. The number of hydrogen-bond acceptors (Lipinski definition) is 3. The molecule has 1 saturated heterocycles. The maximum atomic E-state index is 11.2. The van der Waals surface area contributed by atoms with Gasteiger partial charge in [0, 0.05) is 18.2 Å². The molecule has 0 aromatic heterocycles. The Bertz CT molecular complexity index is 208. The van der Waals surface area contributed by atoms with Crippen LogP contribution in [0.15, 0.2) is 0 Å². The first-order valence-electron chi connectivity index (χ1n) is 3.83. The molecule has 1 rings (SSSR count). The van der Waals surface area contributed by atoms with E-state index in [1.165, 1.54) is 4.90 Å². The molecule has 1 fully saturated rings. The molecule has 0 aliphatic carbocycles. The number of thiol groups is 1. The molecule has 0 bridgehead atoms. The van der Waals surface area contributed by atoms with Crippen molar-refractivity contribution in [3.63, 3.8) is 0 Å². The minimum Gasteiger partial charge on any atom is -0.368 e. The first-order chi connectivity index (χ1) is 5.59. The lowest BCUT2D eigenvalue weighted by atomic mass is 10.1. The van der Waals surface area contributed by atoms with Gasteiger partial charge in [0.15, 0.2) is 0 Å². The number of likely N-dealkylation sites (tertiary alicyclic amines) is 1. The highest BCUT2D eigenvalue weighted by atomic mass is 32.1. The molecule has 68 valence electrons. The van der Waals surface area contributed by atoms with Crippen LogP contribution in [0, 0.1) is 0 Å². The molecule has 0 aromatic carbocycles. The van der Waals surface area contributed by atoms with Crippen LogP contribution in [0.1, 0.15) is 12.8 Å². The number of carbonyl (C=O) groups is 2. The molecule has 0 radical (unpaired) electrons. The van der Waals surface area contributed by atoms with Gasteiger partial charge in [0.05, 0.1) is 6.54 Å². The summed E-state index contributed by atoms with van der Waals surface area (Å²) in [6.07, 6.45) is 1.26. The van der Waals surface area contributed by atoms with Crippen LogP contribution in [0.3, 0.4) is 0 Å². The topological polar surface area (TPSA) is 63.4 Å². The average Bonchev–Trinajstić information content (AvgIpc) is 1.96. The van der Waals surface area contributed by atoms with Gasteiger partial charge in [0.2, 0.25) is 11.8 Å². The van der Waals surface area contributed by atoms with Gasteiger partial charge in [-0.2, -0.15) is 12.6 Å². The quantitative estimate of drug-likeness (QED) is 0.568. The summed E-state index contributed by atoms with van der Waals surface area (Å²) in [6.45, 7) is 0.556. The summed E-state index contributed by atoms with van der Waals surface area (Å²) >= 11 is 4.24. The van der Waals surface area contributed by atoms with Crippen LogP contribution >= 0.6 is 12.6 Å². The molecule has 0 unspecified atom stereocenters. The molecule has 0 aromatic rings. The van der Waals surface area contributed by atoms with E-state index >= 15 is 0 Å². The highest BCUT2D eigenvalue weighted by Crippen LogP contribution is 2.15. The number of primary amides is 1. The second-order valence-corrected chi connectivity index (χ2v) is 3.66.